The standard InChI is InChI=1S/C17H22N6O2S/c1-11-3-4-12(14(20-11)25-2)13-9-19-15-23(13)21-16(26-15)22-7-5-17(24,10-18)6-8-22/h3-4,9,24H,5-8,10,18H2,1-2H3. The molecule has 4 heterocycles. The summed E-state index contributed by atoms with van der Waals surface area (Å²) in [5.74, 6) is 0.562. The number of aryl methyl sites for hydroxylation is 1. The molecule has 1 aliphatic rings. The first-order valence-corrected chi connectivity index (χ1v) is 9.38. The highest BCUT2D eigenvalue weighted by Crippen LogP contribution is 2.33. The minimum atomic E-state index is -0.750. The van der Waals surface area contributed by atoms with E-state index < -0.39 is 5.60 Å². The number of nitrogens with zero attached hydrogens (tertiary/aromatic N) is 5. The fourth-order valence-corrected chi connectivity index (χ4v) is 4.12. The minimum Gasteiger partial charge on any atom is -0.480 e. The SMILES string of the molecule is COc1nc(C)ccc1-c1cnc2sc(N3CCC(O)(CN)CC3)nn12. The molecule has 0 atom stereocenters. The molecule has 1 aliphatic heterocycles. The second kappa shape index (κ2) is 6.49. The second-order valence-electron chi connectivity index (χ2n) is 6.65. The van der Waals surface area contributed by atoms with Crippen molar-refractivity contribution in [2.75, 3.05) is 31.6 Å². The van der Waals surface area contributed by atoms with Gasteiger partial charge < -0.3 is 20.5 Å². The number of piperidine rings is 1. The van der Waals surface area contributed by atoms with Crippen LogP contribution >= 0.6 is 11.3 Å². The van der Waals surface area contributed by atoms with Gasteiger partial charge in [0.1, 0.15) is 0 Å². The molecule has 138 valence electrons. The van der Waals surface area contributed by atoms with Crippen LogP contribution in [0.3, 0.4) is 0 Å². The molecule has 3 N–H and O–H groups in total. The number of aliphatic hydroxyl groups is 1. The molecule has 4 rings (SSSR count). The van der Waals surface area contributed by atoms with Gasteiger partial charge in [0.15, 0.2) is 0 Å². The van der Waals surface area contributed by atoms with Crippen LogP contribution in [0.1, 0.15) is 18.5 Å². The van der Waals surface area contributed by atoms with Gasteiger partial charge in [0.25, 0.3) is 0 Å². The Kier molecular flexibility index (Phi) is 4.29. The molecule has 3 aromatic rings. The zero-order valence-electron chi connectivity index (χ0n) is 14.8. The molecule has 0 spiro atoms. The van der Waals surface area contributed by atoms with Crippen molar-refractivity contribution in [3.05, 3.63) is 24.0 Å². The molecular formula is C17H22N6O2S. The second-order valence-corrected chi connectivity index (χ2v) is 7.58. The van der Waals surface area contributed by atoms with Crippen molar-refractivity contribution in [2.24, 2.45) is 5.73 Å². The molecule has 1 fully saturated rings. The summed E-state index contributed by atoms with van der Waals surface area (Å²) in [6, 6.07) is 3.93. The average Bonchev–Trinajstić information content (AvgIpc) is 3.23. The quantitative estimate of drug-likeness (QED) is 0.713. The predicted octanol–water partition coefficient (Wildman–Crippen LogP) is 1.46. The van der Waals surface area contributed by atoms with E-state index in [1.807, 2.05) is 23.6 Å². The number of hydrogen-bond acceptors (Lipinski definition) is 8. The van der Waals surface area contributed by atoms with Gasteiger partial charge >= 0.3 is 0 Å². The third kappa shape index (κ3) is 2.91. The van der Waals surface area contributed by atoms with E-state index in [1.54, 1.807) is 13.3 Å². The van der Waals surface area contributed by atoms with Crippen LogP contribution in [0.25, 0.3) is 16.2 Å². The molecule has 9 heteroatoms. The number of anilines is 1. The first-order valence-electron chi connectivity index (χ1n) is 8.57. The van der Waals surface area contributed by atoms with E-state index in [1.165, 1.54) is 11.3 Å². The number of rotatable bonds is 4. The van der Waals surface area contributed by atoms with Gasteiger partial charge in [-0.25, -0.2) is 14.5 Å². The van der Waals surface area contributed by atoms with E-state index in [4.69, 9.17) is 15.6 Å². The Morgan fingerprint density at radius 2 is 2.12 bits per heavy atom. The van der Waals surface area contributed by atoms with Gasteiger partial charge in [-0.3, -0.25) is 0 Å². The zero-order valence-corrected chi connectivity index (χ0v) is 15.7. The number of ether oxygens (including phenoxy) is 1. The van der Waals surface area contributed by atoms with Crippen molar-refractivity contribution in [1.82, 2.24) is 19.6 Å². The van der Waals surface area contributed by atoms with E-state index in [9.17, 15) is 5.11 Å². The van der Waals surface area contributed by atoms with Crippen LogP contribution in [0, 0.1) is 6.92 Å². The number of methoxy groups -OCH3 is 1. The summed E-state index contributed by atoms with van der Waals surface area (Å²) in [5, 5.41) is 16.0. The van der Waals surface area contributed by atoms with E-state index in [0.29, 0.717) is 25.3 Å². The van der Waals surface area contributed by atoms with Crippen LogP contribution in [0.15, 0.2) is 18.3 Å². The fraction of sp³-hybridized carbons (Fsp3) is 0.471. The van der Waals surface area contributed by atoms with Crippen LogP contribution in [0.5, 0.6) is 5.88 Å². The Hall–Kier alpha value is -2.23. The summed E-state index contributed by atoms with van der Waals surface area (Å²) in [6.07, 6.45) is 3.09. The lowest BCUT2D eigenvalue weighted by Crippen LogP contribution is -2.48. The molecule has 0 radical (unpaired) electrons. The molecule has 1 saturated heterocycles. The van der Waals surface area contributed by atoms with Gasteiger partial charge in [-0.05, 0) is 31.9 Å². The maximum Gasteiger partial charge on any atom is 0.222 e. The van der Waals surface area contributed by atoms with Crippen LogP contribution in [0.2, 0.25) is 0 Å². The molecule has 26 heavy (non-hydrogen) atoms. The number of fused-ring (bicyclic) bond motifs is 1. The summed E-state index contributed by atoms with van der Waals surface area (Å²) in [6.45, 7) is 3.69. The van der Waals surface area contributed by atoms with Crippen molar-refractivity contribution in [2.45, 2.75) is 25.4 Å². The van der Waals surface area contributed by atoms with E-state index >= 15 is 0 Å². The lowest BCUT2D eigenvalue weighted by Gasteiger charge is -2.37. The Bertz CT molecular complexity index is 929. The maximum atomic E-state index is 10.3. The van der Waals surface area contributed by atoms with Crippen LogP contribution in [-0.4, -0.2) is 57.0 Å². The van der Waals surface area contributed by atoms with Crippen molar-refractivity contribution >= 4 is 21.4 Å². The average molecular weight is 374 g/mol. The summed E-state index contributed by atoms with van der Waals surface area (Å²) in [4.78, 5) is 11.9. The number of imidazole rings is 1. The molecule has 0 saturated carbocycles. The highest BCUT2D eigenvalue weighted by molar-refractivity contribution is 7.20. The number of hydrogen-bond donors (Lipinski definition) is 2. The van der Waals surface area contributed by atoms with Gasteiger partial charge in [-0.1, -0.05) is 11.3 Å². The molecule has 0 unspecified atom stereocenters. The molecule has 8 nitrogen and oxygen atoms in total. The smallest absolute Gasteiger partial charge is 0.222 e. The molecule has 3 aromatic heterocycles. The summed E-state index contributed by atoms with van der Waals surface area (Å²) >= 11 is 1.54. The normalized spacial score (nSPS) is 17.0. The first kappa shape index (κ1) is 17.2. The van der Waals surface area contributed by atoms with Crippen LogP contribution in [0.4, 0.5) is 5.13 Å². The fourth-order valence-electron chi connectivity index (χ4n) is 3.20. The summed E-state index contributed by atoms with van der Waals surface area (Å²) < 4.78 is 7.26. The third-order valence-electron chi connectivity index (χ3n) is 4.89. The third-order valence-corrected chi connectivity index (χ3v) is 5.87. The van der Waals surface area contributed by atoms with Crippen molar-refractivity contribution in [3.8, 4) is 17.1 Å². The van der Waals surface area contributed by atoms with E-state index in [0.717, 1.165) is 40.1 Å². The lowest BCUT2D eigenvalue weighted by atomic mass is 9.92. The number of pyridine rings is 1. The van der Waals surface area contributed by atoms with Gasteiger partial charge in [0.05, 0.1) is 30.2 Å². The molecular weight excluding hydrogens is 352 g/mol. The Labute approximate surface area is 155 Å². The molecule has 0 amide bonds. The predicted molar refractivity (Wildman–Crippen MR) is 101 cm³/mol. The number of nitrogens with two attached hydrogens (primary N) is 1. The maximum absolute atomic E-state index is 10.3. The molecule has 0 aliphatic carbocycles. The van der Waals surface area contributed by atoms with Gasteiger partial charge in [0.2, 0.25) is 16.0 Å². The van der Waals surface area contributed by atoms with Crippen molar-refractivity contribution in [1.29, 1.82) is 0 Å². The summed E-state index contributed by atoms with van der Waals surface area (Å²) in [7, 11) is 1.61. The van der Waals surface area contributed by atoms with Crippen LogP contribution in [-0.2, 0) is 0 Å². The Morgan fingerprint density at radius 1 is 1.35 bits per heavy atom. The highest BCUT2D eigenvalue weighted by atomic mass is 32.1. The molecule has 0 aromatic carbocycles. The monoisotopic (exact) mass is 374 g/mol. The summed E-state index contributed by atoms with van der Waals surface area (Å²) in [5.41, 5.74) is 7.53. The van der Waals surface area contributed by atoms with Crippen molar-refractivity contribution in [3.63, 3.8) is 0 Å². The zero-order chi connectivity index (χ0) is 18.3. The molecule has 0 bridgehead atoms. The first-order chi connectivity index (χ1) is 12.5. The van der Waals surface area contributed by atoms with Gasteiger partial charge in [-0.2, -0.15) is 0 Å². The van der Waals surface area contributed by atoms with E-state index in [2.05, 4.69) is 14.9 Å². The van der Waals surface area contributed by atoms with Crippen LogP contribution < -0.4 is 15.4 Å². The Morgan fingerprint density at radius 3 is 2.81 bits per heavy atom. The van der Waals surface area contributed by atoms with E-state index in [-0.39, 0.29) is 0 Å². The van der Waals surface area contributed by atoms with Gasteiger partial charge in [0, 0.05) is 25.3 Å². The topological polar surface area (TPSA) is 102 Å². The highest BCUT2D eigenvalue weighted by Gasteiger charge is 2.32. The van der Waals surface area contributed by atoms with Crippen molar-refractivity contribution < 1.29 is 9.84 Å². The lowest BCUT2D eigenvalue weighted by molar-refractivity contribution is 0.0249. The largest absolute Gasteiger partial charge is 0.480 e. The minimum absolute atomic E-state index is 0.298. The number of aromatic nitrogens is 4. The Balaban J connectivity index is 1.66. The van der Waals surface area contributed by atoms with Gasteiger partial charge in [-0.15, -0.1) is 5.10 Å².